The molecule has 0 aromatic heterocycles. The van der Waals surface area contributed by atoms with Gasteiger partial charge in [0, 0.05) is 0 Å². The van der Waals surface area contributed by atoms with E-state index in [1.54, 1.807) is 0 Å². The zero-order valence-corrected chi connectivity index (χ0v) is 20.9. The van der Waals surface area contributed by atoms with Crippen LogP contribution in [-0.4, -0.2) is 18.4 Å². The average Bonchev–Trinajstić information content (AvgIpc) is 2.88. The predicted molar refractivity (Wildman–Crippen MR) is 142 cm³/mol. The third-order valence-electron chi connectivity index (χ3n) is 6.34. The van der Waals surface area contributed by atoms with Crippen LogP contribution in [0.4, 0.5) is 0 Å². The number of allylic oxidation sites excluding steroid dienone is 1. The van der Waals surface area contributed by atoms with Gasteiger partial charge in [-0.3, -0.25) is 0 Å². The molecule has 5 aromatic rings. The quantitative estimate of drug-likeness (QED) is 0.242. The fourth-order valence-electron chi connectivity index (χ4n) is 4.78. The molecule has 0 aliphatic rings. The number of benzene rings is 5. The van der Waals surface area contributed by atoms with Crippen LogP contribution in [-0.2, 0) is 0 Å². The Balaban J connectivity index is 1.65. The summed E-state index contributed by atoms with van der Waals surface area (Å²) in [6.07, 6.45) is 4.77. The van der Waals surface area contributed by atoms with Crippen LogP contribution in [0, 0.1) is 0 Å². The van der Waals surface area contributed by atoms with Crippen molar-refractivity contribution in [1.29, 1.82) is 0 Å². The van der Waals surface area contributed by atoms with Crippen LogP contribution in [0.3, 0.4) is 0 Å². The zero-order chi connectivity index (χ0) is 21.6. The van der Waals surface area contributed by atoms with Crippen molar-refractivity contribution in [2.45, 2.75) is 4.44 Å². The summed E-state index contributed by atoms with van der Waals surface area (Å²) in [5, 5.41) is 2.60. The molecule has 0 radical (unpaired) electrons. The topological polar surface area (TPSA) is 0 Å². The summed E-state index contributed by atoms with van der Waals surface area (Å²) >= 11 is -3.24. The van der Waals surface area contributed by atoms with Crippen molar-refractivity contribution in [1.82, 2.24) is 0 Å². The fraction of sp³-hybridized carbons (Fsp3) is 0.0323. The molecule has 1 heteroatoms. The van der Waals surface area contributed by atoms with Crippen LogP contribution >= 0.6 is 0 Å². The van der Waals surface area contributed by atoms with Gasteiger partial charge in [0.1, 0.15) is 0 Å². The first-order valence-electron chi connectivity index (χ1n) is 11.2. The van der Waals surface area contributed by atoms with Crippen molar-refractivity contribution in [2.75, 3.05) is 0 Å². The first kappa shape index (κ1) is 20.8. The van der Waals surface area contributed by atoms with Crippen LogP contribution in [0.5, 0.6) is 0 Å². The van der Waals surface area contributed by atoms with E-state index in [9.17, 15) is 0 Å². The second-order valence-electron chi connectivity index (χ2n) is 8.18. The van der Waals surface area contributed by atoms with Crippen molar-refractivity contribution in [3.63, 3.8) is 0 Å². The van der Waals surface area contributed by atoms with Gasteiger partial charge in [-0.1, -0.05) is 0 Å². The van der Waals surface area contributed by atoms with E-state index in [1.807, 2.05) is 0 Å². The number of hydrogen-bond acceptors (Lipinski definition) is 0. The van der Waals surface area contributed by atoms with Crippen LogP contribution in [0.25, 0.3) is 16.8 Å². The summed E-state index contributed by atoms with van der Waals surface area (Å²) in [6.45, 7) is 0. The van der Waals surface area contributed by atoms with Gasteiger partial charge in [0.2, 0.25) is 0 Å². The van der Waals surface area contributed by atoms with E-state index in [-0.39, 0.29) is 0 Å². The van der Waals surface area contributed by atoms with Gasteiger partial charge in [0.15, 0.2) is 0 Å². The molecule has 0 atom stereocenters. The molecule has 5 aromatic carbocycles. The van der Waals surface area contributed by atoms with E-state index in [1.165, 1.54) is 27.1 Å². The minimum absolute atomic E-state index is 1.08. The Morgan fingerprint density at radius 1 is 0.469 bits per heavy atom. The van der Waals surface area contributed by atoms with Crippen molar-refractivity contribution in [3.05, 3.63) is 145 Å². The first-order valence-corrected chi connectivity index (χ1v) is 17.5. The Kier molecular flexibility index (Phi) is 6.22. The number of hydrogen-bond donors (Lipinski definition) is 0. The van der Waals surface area contributed by atoms with Gasteiger partial charge < -0.3 is 0 Å². The SMILES string of the molecule is C(=C\c1cccc2ccccc12)/[CH2][Sn]([c]1ccccc1)([c]1ccccc1)[c]1ccccc1. The Morgan fingerprint density at radius 2 is 0.938 bits per heavy atom. The van der Waals surface area contributed by atoms with E-state index in [2.05, 4.69) is 146 Å². The predicted octanol–water partition coefficient (Wildman–Crippen LogP) is 6.02. The number of fused-ring (bicyclic) bond motifs is 1. The van der Waals surface area contributed by atoms with Crippen molar-refractivity contribution in [3.8, 4) is 0 Å². The third kappa shape index (κ3) is 4.03. The van der Waals surface area contributed by atoms with E-state index in [0.29, 0.717) is 0 Å². The van der Waals surface area contributed by atoms with Crippen molar-refractivity contribution < 1.29 is 0 Å². The summed E-state index contributed by atoms with van der Waals surface area (Å²) in [4.78, 5) is 0. The molecule has 0 fully saturated rings. The molecule has 5 rings (SSSR count). The summed E-state index contributed by atoms with van der Waals surface area (Å²) in [5.41, 5.74) is 1.29. The number of rotatable bonds is 6. The summed E-state index contributed by atoms with van der Waals surface area (Å²) in [6, 6.07) is 48.9. The molecular weight excluding hydrogens is 491 g/mol. The van der Waals surface area contributed by atoms with E-state index < -0.39 is 18.4 Å². The second kappa shape index (κ2) is 9.58. The zero-order valence-electron chi connectivity index (χ0n) is 18.1. The molecule has 0 aliphatic heterocycles. The van der Waals surface area contributed by atoms with Crippen molar-refractivity contribution in [2.24, 2.45) is 0 Å². The molecule has 154 valence electrons. The average molecular weight is 517 g/mol. The molecular formula is C31H26Sn. The molecule has 0 nitrogen and oxygen atoms in total. The van der Waals surface area contributed by atoms with Gasteiger partial charge in [-0.25, -0.2) is 0 Å². The van der Waals surface area contributed by atoms with E-state index in [0.717, 1.165) is 4.44 Å². The molecule has 0 saturated heterocycles. The second-order valence-corrected chi connectivity index (χ2v) is 19.5. The summed E-state index contributed by atoms with van der Waals surface area (Å²) in [7, 11) is 0. The van der Waals surface area contributed by atoms with Gasteiger partial charge in [-0.15, -0.1) is 0 Å². The Morgan fingerprint density at radius 3 is 1.50 bits per heavy atom. The van der Waals surface area contributed by atoms with E-state index in [4.69, 9.17) is 0 Å². The molecule has 0 amide bonds. The Labute approximate surface area is 194 Å². The molecule has 0 saturated carbocycles. The summed E-state index contributed by atoms with van der Waals surface area (Å²) < 4.78 is 5.63. The minimum atomic E-state index is -3.24. The molecule has 0 aliphatic carbocycles. The van der Waals surface area contributed by atoms with Gasteiger partial charge in [0.25, 0.3) is 0 Å². The third-order valence-corrected chi connectivity index (χ3v) is 20.1. The van der Waals surface area contributed by atoms with Crippen LogP contribution in [0.1, 0.15) is 5.56 Å². The Bertz CT molecular complexity index is 1220. The van der Waals surface area contributed by atoms with Crippen LogP contribution in [0.15, 0.2) is 140 Å². The standard InChI is InChI=1S/C13H11.3C6H5.Sn/c1-2-6-11-8-5-9-12-7-3-4-10-13(11)12;3*1-2-4-6-5-3-1;/h2-10H,1H2;3*1-5H;/b6-2+;;;;. The van der Waals surface area contributed by atoms with Crippen LogP contribution in [0.2, 0.25) is 4.44 Å². The Hall–Kier alpha value is -3.10. The van der Waals surface area contributed by atoms with Crippen LogP contribution < -0.4 is 10.7 Å². The first-order chi connectivity index (χ1) is 15.9. The molecule has 0 spiro atoms. The van der Waals surface area contributed by atoms with Crippen molar-refractivity contribution >= 4 is 46.0 Å². The summed E-state index contributed by atoms with van der Waals surface area (Å²) in [5.74, 6) is 0. The normalized spacial score (nSPS) is 11.8. The van der Waals surface area contributed by atoms with Gasteiger partial charge >= 0.3 is 195 Å². The maximum atomic E-state index is 2.44. The maximum absolute atomic E-state index is 3.24. The molecule has 0 unspecified atom stereocenters. The van der Waals surface area contributed by atoms with Gasteiger partial charge in [-0.2, -0.15) is 0 Å². The van der Waals surface area contributed by atoms with E-state index >= 15 is 0 Å². The molecule has 0 bridgehead atoms. The van der Waals surface area contributed by atoms with Gasteiger partial charge in [0.05, 0.1) is 0 Å². The molecule has 32 heavy (non-hydrogen) atoms. The molecule has 0 N–H and O–H groups in total. The monoisotopic (exact) mass is 518 g/mol. The fourth-order valence-corrected chi connectivity index (χ4v) is 17.5. The van der Waals surface area contributed by atoms with Gasteiger partial charge in [-0.05, 0) is 0 Å². The molecule has 0 heterocycles.